The molecule has 0 spiro atoms. The summed E-state index contributed by atoms with van der Waals surface area (Å²) in [4.78, 5) is 30.9. The molecule has 0 bridgehead atoms. The zero-order valence-corrected chi connectivity index (χ0v) is 18.4. The van der Waals surface area contributed by atoms with Gasteiger partial charge in [0.25, 0.3) is 5.91 Å². The van der Waals surface area contributed by atoms with Gasteiger partial charge in [-0.15, -0.1) is 16.4 Å². The van der Waals surface area contributed by atoms with Gasteiger partial charge >= 0.3 is 0 Å². The number of amides is 2. The number of carbonyl (C=O) groups excluding carboxylic acids is 2. The van der Waals surface area contributed by atoms with Crippen molar-refractivity contribution in [2.45, 2.75) is 13.8 Å². The maximum atomic E-state index is 13.0. The number of hydrogen-bond donors (Lipinski definition) is 0. The Morgan fingerprint density at radius 2 is 1.72 bits per heavy atom. The Hall–Kier alpha value is -2.70. The molecular weight excluding hydrogens is 434 g/mol. The fraction of sp³-hybridized carbons (Fsp3) is 0.235. The van der Waals surface area contributed by atoms with Crippen molar-refractivity contribution in [3.63, 3.8) is 0 Å². The molecule has 9 nitrogen and oxygen atoms in total. The lowest BCUT2D eigenvalue weighted by Crippen LogP contribution is -2.36. The zero-order valence-electron chi connectivity index (χ0n) is 16.0. The van der Waals surface area contributed by atoms with E-state index in [0.29, 0.717) is 20.7 Å². The second-order valence-corrected chi connectivity index (χ2v) is 9.60. The van der Waals surface area contributed by atoms with Crippen LogP contribution in [0.25, 0.3) is 9.88 Å². The molecule has 29 heavy (non-hydrogen) atoms. The summed E-state index contributed by atoms with van der Waals surface area (Å²) in [5, 5.41) is 5.98. The van der Waals surface area contributed by atoms with Crippen molar-refractivity contribution in [1.82, 2.24) is 14.6 Å². The highest BCUT2D eigenvalue weighted by atomic mass is 32.2. The summed E-state index contributed by atoms with van der Waals surface area (Å²) in [6.45, 7) is 3.20. The van der Waals surface area contributed by atoms with Gasteiger partial charge in [-0.05, 0) is 42.7 Å². The van der Waals surface area contributed by atoms with Gasteiger partial charge in [0.2, 0.25) is 15.9 Å². The van der Waals surface area contributed by atoms with Crippen molar-refractivity contribution < 1.29 is 18.0 Å². The van der Waals surface area contributed by atoms with Gasteiger partial charge < -0.3 is 4.90 Å². The first kappa shape index (κ1) is 21.0. The smallest absolute Gasteiger partial charge is 0.291 e. The fourth-order valence-corrected chi connectivity index (χ4v) is 4.94. The van der Waals surface area contributed by atoms with Crippen LogP contribution in [0.5, 0.6) is 0 Å². The van der Waals surface area contributed by atoms with Crippen molar-refractivity contribution in [3.8, 4) is 9.88 Å². The van der Waals surface area contributed by atoms with Crippen LogP contribution in [0.2, 0.25) is 0 Å². The molecule has 152 valence electrons. The van der Waals surface area contributed by atoms with E-state index in [1.165, 1.54) is 40.7 Å². The van der Waals surface area contributed by atoms with Gasteiger partial charge in [0.15, 0.2) is 0 Å². The van der Waals surface area contributed by atoms with E-state index >= 15 is 0 Å². The minimum absolute atomic E-state index is 0.00755. The van der Waals surface area contributed by atoms with Gasteiger partial charge in [0.1, 0.15) is 15.6 Å². The van der Waals surface area contributed by atoms with E-state index in [4.69, 9.17) is 0 Å². The Labute approximate surface area is 175 Å². The predicted molar refractivity (Wildman–Crippen MR) is 113 cm³/mol. The van der Waals surface area contributed by atoms with Gasteiger partial charge in [0.05, 0.1) is 17.6 Å². The number of carbonyl (C=O) groups is 2. The lowest BCUT2D eigenvalue weighted by atomic mass is 10.2. The van der Waals surface area contributed by atoms with Crippen molar-refractivity contribution in [1.29, 1.82) is 0 Å². The molecule has 0 fully saturated rings. The second kappa shape index (κ2) is 7.97. The molecule has 2 heterocycles. The molecule has 0 saturated heterocycles. The minimum Gasteiger partial charge on any atom is -0.316 e. The molecule has 0 N–H and O–H groups in total. The van der Waals surface area contributed by atoms with Crippen LogP contribution < -0.4 is 9.21 Å². The highest BCUT2D eigenvalue weighted by Crippen LogP contribution is 2.30. The molecule has 12 heteroatoms. The average Bonchev–Trinajstić information content (AvgIpc) is 3.29. The van der Waals surface area contributed by atoms with E-state index in [2.05, 4.69) is 14.6 Å². The van der Waals surface area contributed by atoms with Crippen LogP contribution in [0.3, 0.4) is 0 Å². The summed E-state index contributed by atoms with van der Waals surface area (Å²) in [5.74, 6) is -0.936. The third-order valence-electron chi connectivity index (χ3n) is 4.03. The van der Waals surface area contributed by atoms with Crippen molar-refractivity contribution in [3.05, 3.63) is 41.0 Å². The lowest BCUT2D eigenvalue weighted by molar-refractivity contribution is -0.116. The topological polar surface area (TPSA) is 113 Å². The highest BCUT2D eigenvalue weighted by molar-refractivity contribution is 7.92. The summed E-state index contributed by atoms with van der Waals surface area (Å²) in [6, 6.07) is 6.08. The van der Waals surface area contributed by atoms with Gasteiger partial charge in [-0.3, -0.25) is 9.59 Å². The SMILES string of the molecule is CC(=O)N(C)c1ccc(N(C(=O)c2csc(-c3snnc3C)n2)S(C)(=O)=O)cc1. The summed E-state index contributed by atoms with van der Waals surface area (Å²) >= 11 is 2.37. The van der Waals surface area contributed by atoms with Crippen molar-refractivity contribution in [2.75, 3.05) is 22.5 Å². The Morgan fingerprint density at radius 1 is 1.10 bits per heavy atom. The Bertz CT molecular complexity index is 1170. The predicted octanol–water partition coefficient (Wildman–Crippen LogP) is 2.56. The molecule has 2 aromatic heterocycles. The number of aryl methyl sites for hydroxylation is 1. The standard InChI is InChI=1S/C17H17N5O4S3/c1-10-15(28-20-19-10)16-18-14(9-27-16)17(24)22(29(4,25)26)13-7-5-12(6-8-13)21(3)11(2)23/h5-9H,1-4H3. The molecule has 0 aliphatic rings. The summed E-state index contributed by atoms with van der Waals surface area (Å²) in [7, 11) is -2.32. The first-order valence-corrected chi connectivity index (χ1v) is 11.7. The van der Waals surface area contributed by atoms with E-state index in [-0.39, 0.29) is 17.3 Å². The fourth-order valence-electron chi connectivity index (χ4n) is 2.46. The van der Waals surface area contributed by atoms with E-state index in [0.717, 1.165) is 22.7 Å². The molecule has 0 atom stereocenters. The number of nitrogens with zero attached hydrogens (tertiary/aromatic N) is 5. The maximum Gasteiger partial charge on any atom is 0.291 e. The second-order valence-electron chi connectivity index (χ2n) is 6.15. The van der Waals surface area contributed by atoms with Crippen LogP contribution in [-0.4, -0.2) is 48.1 Å². The van der Waals surface area contributed by atoms with Crippen LogP contribution in [-0.2, 0) is 14.8 Å². The minimum atomic E-state index is -3.92. The maximum absolute atomic E-state index is 13.0. The van der Waals surface area contributed by atoms with E-state index < -0.39 is 15.9 Å². The number of hydrogen-bond acceptors (Lipinski definition) is 9. The summed E-state index contributed by atoms with van der Waals surface area (Å²) in [6.07, 6.45) is 0.949. The molecule has 3 aromatic rings. The van der Waals surface area contributed by atoms with Crippen molar-refractivity contribution >= 4 is 56.1 Å². The quantitative estimate of drug-likeness (QED) is 0.586. The van der Waals surface area contributed by atoms with Gasteiger partial charge in [-0.2, -0.15) is 0 Å². The van der Waals surface area contributed by atoms with E-state index in [1.54, 1.807) is 26.1 Å². The van der Waals surface area contributed by atoms with E-state index in [9.17, 15) is 18.0 Å². The molecule has 0 radical (unpaired) electrons. The van der Waals surface area contributed by atoms with Crippen LogP contribution in [0, 0.1) is 6.92 Å². The van der Waals surface area contributed by atoms with Gasteiger partial charge in [-0.25, -0.2) is 17.7 Å². The lowest BCUT2D eigenvalue weighted by Gasteiger charge is -2.21. The molecule has 0 saturated carbocycles. The number of benzene rings is 1. The molecule has 1 aromatic carbocycles. The van der Waals surface area contributed by atoms with Crippen LogP contribution in [0.15, 0.2) is 29.6 Å². The Balaban J connectivity index is 1.96. The Morgan fingerprint density at radius 3 is 2.24 bits per heavy atom. The van der Waals surface area contributed by atoms with Gasteiger partial charge in [0, 0.05) is 25.0 Å². The van der Waals surface area contributed by atoms with Crippen LogP contribution in [0.1, 0.15) is 23.1 Å². The van der Waals surface area contributed by atoms with Crippen LogP contribution >= 0.6 is 22.9 Å². The molecule has 3 rings (SSSR count). The zero-order chi connectivity index (χ0) is 21.3. The molecule has 2 amide bonds. The number of rotatable bonds is 5. The van der Waals surface area contributed by atoms with Crippen molar-refractivity contribution in [2.24, 2.45) is 0 Å². The monoisotopic (exact) mass is 451 g/mol. The third-order valence-corrected chi connectivity index (χ3v) is 6.89. The number of anilines is 2. The number of sulfonamides is 1. The van der Waals surface area contributed by atoms with Crippen LogP contribution in [0.4, 0.5) is 11.4 Å². The summed E-state index contributed by atoms with van der Waals surface area (Å²) < 4.78 is 29.3. The number of thiazole rings is 1. The normalized spacial score (nSPS) is 11.3. The molecule has 0 unspecified atom stereocenters. The number of aromatic nitrogens is 3. The molecule has 0 aliphatic carbocycles. The first-order valence-electron chi connectivity index (χ1n) is 8.23. The molecular formula is C17H17N5O4S3. The highest BCUT2D eigenvalue weighted by Gasteiger charge is 2.29. The van der Waals surface area contributed by atoms with Gasteiger partial charge in [-0.1, -0.05) is 4.49 Å². The first-order chi connectivity index (χ1) is 13.6. The molecule has 0 aliphatic heterocycles. The Kier molecular flexibility index (Phi) is 5.78. The average molecular weight is 452 g/mol. The largest absolute Gasteiger partial charge is 0.316 e. The third kappa shape index (κ3) is 4.33. The summed E-state index contributed by atoms with van der Waals surface area (Å²) in [5.41, 5.74) is 1.43. The van der Waals surface area contributed by atoms with E-state index in [1.807, 2.05) is 0 Å².